The molecule has 4 rings (SSSR count). The van der Waals surface area contributed by atoms with E-state index in [0.29, 0.717) is 45.1 Å². The number of aromatic nitrogens is 2. The van der Waals surface area contributed by atoms with E-state index < -0.39 is 30.4 Å². The molecule has 3 N–H and O–H groups in total. The van der Waals surface area contributed by atoms with Crippen molar-refractivity contribution >= 4 is 17.9 Å². The first-order valence-corrected chi connectivity index (χ1v) is 9.96. The van der Waals surface area contributed by atoms with Crippen molar-refractivity contribution in [3.8, 4) is 5.75 Å². The molecule has 12 heteroatoms. The number of piperazine rings is 1. The van der Waals surface area contributed by atoms with E-state index in [0.717, 1.165) is 4.90 Å². The van der Waals surface area contributed by atoms with E-state index in [4.69, 9.17) is 5.73 Å². The topological polar surface area (TPSA) is 119 Å². The zero-order valence-electron chi connectivity index (χ0n) is 16.5. The Morgan fingerprint density at radius 1 is 1.13 bits per heavy atom. The number of primary amides is 1. The molecule has 3 aliphatic rings. The molecule has 3 fully saturated rings. The van der Waals surface area contributed by atoms with Gasteiger partial charge in [0.25, 0.3) is 5.92 Å². The summed E-state index contributed by atoms with van der Waals surface area (Å²) < 4.78 is 27.1. The number of amides is 3. The molecule has 3 saturated heterocycles. The third-order valence-corrected chi connectivity index (χ3v) is 6.07. The molecular weight excluding hydrogens is 400 g/mol. The van der Waals surface area contributed by atoms with E-state index in [1.165, 1.54) is 17.3 Å². The molecule has 0 spiro atoms. The number of carbonyl (C=O) groups excluding carboxylic acids is 2. The summed E-state index contributed by atoms with van der Waals surface area (Å²) in [4.78, 5) is 39.6. The van der Waals surface area contributed by atoms with Gasteiger partial charge in [-0.15, -0.1) is 0 Å². The molecule has 1 aromatic rings. The lowest BCUT2D eigenvalue weighted by atomic mass is 10.1. The predicted octanol–water partition coefficient (Wildman–Crippen LogP) is -0.307. The number of halogens is 2. The molecule has 0 unspecified atom stereocenters. The quantitative estimate of drug-likeness (QED) is 0.682. The number of carbonyl (C=O) groups is 2. The van der Waals surface area contributed by atoms with E-state index in [9.17, 15) is 23.5 Å². The molecule has 1 aromatic heterocycles. The summed E-state index contributed by atoms with van der Waals surface area (Å²) in [6.07, 6.45) is 2.70. The number of aromatic hydroxyl groups is 1. The molecule has 30 heavy (non-hydrogen) atoms. The smallest absolute Gasteiger partial charge is 0.315 e. The van der Waals surface area contributed by atoms with Crippen LogP contribution in [0.3, 0.4) is 0 Å². The summed E-state index contributed by atoms with van der Waals surface area (Å²) in [5.74, 6) is -2.80. The second-order valence-electron chi connectivity index (χ2n) is 8.03. The maximum Gasteiger partial charge on any atom is 0.315 e. The largest absolute Gasteiger partial charge is 0.505 e. The van der Waals surface area contributed by atoms with Gasteiger partial charge in [0.2, 0.25) is 11.9 Å². The lowest BCUT2D eigenvalue weighted by Gasteiger charge is -2.37. The van der Waals surface area contributed by atoms with Crippen molar-refractivity contribution in [3.63, 3.8) is 0 Å². The van der Waals surface area contributed by atoms with Crippen LogP contribution in [0, 0.1) is 0 Å². The van der Waals surface area contributed by atoms with Crippen molar-refractivity contribution in [1.82, 2.24) is 24.7 Å². The molecule has 3 aliphatic heterocycles. The molecule has 0 aromatic carbocycles. The highest BCUT2D eigenvalue weighted by atomic mass is 19.3. The van der Waals surface area contributed by atoms with E-state index >= 15 is 0 Å². The van der Waals surface area contributed by atoms with Gasteiger partial charge in [0.05, 0.1) is 18.9 Å². The number of hydrogen-bond acceptors (Lipinski definition) is 7. The normalized spacial score (nSPS) is 26.9. The van der Waals surface area contributed by atoms with Gasteiger partial charge in [0, 0.05) is 51.7 Å². The van der Waals surface area contributed by atoms with Gasteiger partial charge in [0.15, 0.2) is 5.75 Å². The Morgan fingerprint density at radius 3 is 2.37 bits per heavy atom. The van der Waals surface area contributed by atoms with Gasteiger partial charge in [-0.3, -0.25) is 9.69 Å². The van der Waals surface area contributed by atoms with Crippen LogP contribution in [0.2, 0.25) is 0 Å². The van der Waals surface area contributed by atoms with Crippen LogP contribution in [0.4, 0.5) is 19.5 Å². The van der Waals surface area contributed by atoms with Crippen molar-refractivity contribution in [2.75, 3.05) is 50.7 Å². The molecule has 0 bridgehead atoms. The molecule has 0 aliphatic carbocycles. The predicted molar refractivity (Wildman–Crippen MR) is 102 cm³/mol. The first-order chi connectivity index (χ1) is 14.2. The van der Waals surface area contributed by atoms with E-state index in [-0.39, 0.29) is 24.8 Å². The average molecular weight is 425 g/mol. The van der Waals surface area contributed by atoms with Crippen LogP contribution < -0.4 is 10.6 Å². The fourth-order valence-corrected chi connectivity index (χ4v) is 4.46. The monoisotopic (exact) mass is 425 g/mol. The van der Waals surface area contributed by atoms with E-state index in [1.807, 2.05) is 4.90 Å². The lowest BCUT2D eigenvalue weighted by Crippen LogP contribution is -2.51. The van der Waals surface area contributed by atoms with Crippen LogP contribution in [0.5, 0.6) is 5.75 Å². The van der Waals surface area contributed by atoms with Gasteiger partial charge in [-0.05, 0) is 6.42 Å². The molecule has 4 heterocycles. The summed E-state index contributed by atoms with van der Waals surface area (Å²) in [5, 5.41) is 9.32. The zero-order chi connectivity index (χ0) is 21.5. The Hall–Kier alpha value is -2.76. The minimum Gasteiger partial charge on any atom is -0.505 e. The molecule has 164 valence electrons. The van der Waals surface area contributed by atoms with Crippen LogP contribution in [0.15, 0.2) is 12.4 Å². The molecule has 10 nitrogen and oxygen atoms in total. The van der Waals surface area contributed by atoms with Crippen LogP contribution in [-0.2, 0) is 4.79 Å². The minimum atomic E-state index is -2.88. The van der Waals surface area contributed by atoms with Crippen LogP contribution >= 0.6 is 0 Å². The van der Waals surface area contributed by atoms with Crippen LogP contribution in [-0.4, -0.2) is 106 Å². The number of rotatable bonds is 3. The summed E-state index contributed by atoms with van der Waals surface area (Å²) in [6.45, 7) is 2.32. The van der Waals surface area contributed by atoms with Crippen molar-refractivity contribution < 1.29 is 23.5 Å². The molecular formula is C18H25F2N7O3. The summed E-state index contributed by atoms with van der Waals surface area (Å²) >= 11 is 0. The summed E-state index contributed by atoms with van der Waals surface area (Å²) in [5.41, 5.74) is 5.48. The summed E-state index contributed by atoms with van der Waals surface area (Å²) in [7, 11) is 0. The Labute approximate surface area is 172 Å². The fourth-order valence-electron chi connectivity index (χ4n) is 4.46. The number of nitrogens with zero attached hydrogens (tertiary/aromatic N) is 6. The highest BCUT2D eigenvalue weighted by Gasteiger charge is 2.47. The maximum atomic E-state index is 13.5. The molecule has 0 radical (unpaired) electrons. The van der Waals surface area contributed by atoms with Gasteiger partial charge < -0.3 is 25.5 Å². The number of urea groups is 1. The highest BCUT2D eigenvalue weighted by Crippen LogP contribution is 2.31. The third-order valence-electron chi connectivity index (χ3n) is 6.07. The summed E-state index contributed by atoms with van der Waals surface area (Å²) in [6, 6.07) is -1.59. The molecule has 3 amide bonds. The number of likely N-dealkylation sites (tertiary alicyclic amines) is 2. The van der Waals surface area contributed by atoms with Gasteiger partial charge in [0.1, 0.15) is 6.04 Å². The fraction of sp³-hybridized carbons (Fsp3) is 0.667. The van der Waals surface area contributed by atoms with Crippen molar-refractivity contribution in [3.05, 3.63) is 12.4 Å². The second kappa shape index (κ2) is 7.82. The average Bonchev–Trinajstić information content (AvgIpc) is 3.32. The third kappa shape index (κ3) is 4.09. The highest BCUT2D eigenvalue weighted by molar-refractivity contribution is 5.87. The Balaban J connectivity index is 1.38. The maximum absolute atomic E-state index is 13.5. The lowest BCUT2D eigenvalue weighted by molar-refractivity contribution is -0.135. The number of anilines is 1. The van der Waals surface area contributed by atoms with Gasteiger partial charge >= 0.3 is 6.03 Å². The Bertz CT molecular complexity index is 801. The number of hydrogen-bond donors (Lipinski definition) is 2. The van der Waals surface area contributed by atoms with Crippen molar-refractivity contribution in [1.29, 1.82) is 0 Å². The Kier molecular flexibility index (Phi) is 5.35. The van der Waals surface area contributed by atoms with Crippen molar-refractivity contribution in [2.24, 2.45) is 5.73 Å². The SMILES string of the molecule is NC(=O)N1C[C@@H](N2CCN(c3ncc(O)cn3)CC2)C[C@H]1C(=O)N1CCC(F)(F)C1. The van der Waals surface area contributed by atoms with E-state index in [1.54, 1.807) is 0 Å². The molecule has 2 atom stereocenters. The van der Waals surface area contributed by atoms with Gasteiger partial charge in [-0.25, -0.2) is 23.5 Å². The second-order valence-corrected chi connectivity index (χ2v) is 8.03. The van der Waals surface area contributed by atoms with Crippen LogP contribution in [0.25, 0.3) is 0 Å². The standard InChI is InChI=1S/C18H25F2N7O3/c19-18(20)1-2-26(11-18)15(29)14-7-12(10-27(14)16(21)30)24-3-5-25(6-4-24)17-22-8-13(28)9-23-17/h8-9,12,14,28H,1-7,10-11H2,(H2,21,30)/t12-,14-/m0/s1. The minimum absolute atomic E-state index is 0.00126. The van der Waals surface area contributed by atoms with Crippen molar-refractivity contribution in [2.45, 2.75) is 30.8 Å². The first-order valence-electron chi connectivity index (χ1n) is 9.96. The number of alkyl halides is 2. The number of nitrogens with two attached hydrogens (primary N) is 1. The first kappa shape index (κ1) is 20.5. The molecule has 0 saturated carbocycles. The zero-order valence-corrected chi connectivity index (χ0v) is 16.5. The van der Waals surface area contributed by atoms with Gasteiger partial charge in [-0.1, -0.05) is 0 Å². The van der Waals surface area contributed by atoms with Gasteiger partial charge in [-0.2, -0.15) is 0 Å². The Morgan fingerprint density at radius 2 is 1.80 bits per heavy atom. The van der Waals surface area contributed by atoms with E-state index in [2.05, 4.69) is 14.9 Å². The van der Waals surface area contributed by atoms with Crippen LogP contribution in [0.1, 0.15) is 12.8 Å².